The van der Waals surface area contributed by atoms with Crippen molar-refractivity contribution < 1.29 is 80.2 Å². The molecule has 0 spiro atoms. The number of ether oxygens (including phenoxy) is 4. The Morgan fingerprint density at radius 3 is 0.837 bits per heavy atom. The number of phosphoric acid groups is 2. The smallest absolute Gasteiger partial charge is 0.462 e. The number of carbonyl (C=O) groups excluding carboxylic acids is 4. The van der Waals surface area contributed by atoms with Crippen LogP contribution in [-0.4, -0.2) is 96.7 Å². The molecule has 0 bridgehead atoms. The lowest BCUT2D eigenvalue weighted by molar-refractivity contribution is -0.161. The minimum atomic E-state index is -4.97. The summed E-state index contributed by atoms with van der Waals surface area (Å²) in [6, 6.07) is 0. The summed E-state index contributed by atoms with van der Waals surface area (Å²) in [5.41, 5.74) is 0. The van der Waals surface area contributed by atoms with E-state index in [0.29, 0.717) is 25.7 Å². The SMILES string of the molecule is CC/C=C\C/C=C\C/C=C\C/C=C\CCCCCCCCC(=O)OCC(COP(=O)(O)OCC(O)COP(=O)(O)OCC(COC(=O)CCCCCCC/C=C\CCCCCC)OC(=O)CCCCCCC/C=C\CCCCCC)OC(=O)CCCCCCCCCCCCCCC. The fourth-order valence-electron chi connectivity index (χ4n) is 10.7. The second kappa shape index (κ2) is 71.9. The van der Waals surface area contributed by atoms with E-state index in [1.807, 2.05) is 0 Å². The van der Waals surface area contributed by atoms with Crippen molar-refractivity contribution in [3.05, 3.63) is 72.9 Å². The normalized spacial score (nSPS) is 14.3. The lowest BCUT2D eigenvalue weighted by atomic mass is 10.0. The lowest BCUT2D eigenvalue weighted by Crippen LogP contribution is -2.30. The van der Waals surface area contributed by atoms with Gasteiger partial charge in [0.15, 0.2) is 12.2 Å². The summed E-state index contributed by atoms with van der Waals surface area (Å²) in [5, 5.41) is 10.6. The second-order valence-electron chi connectivity index (χ2n) is 26.3. The maximum absolute atomic E-state index is 13.1. The summed E-state index contributed by atoms with van der Waals surface area (Å²) in [5.74, 6) is -2.18. The van der Waals surface area contributed by atoms with E-state index in [1.165, 1.54) is 103 Å². The van der Waals surface area contributed by atoms with Gasteiger partial charge < -0.3 is 33.8 Å². The minimum Gasteiger partial charge on any atom is -0.462 e. The average molecular weight is 1430 g/mol. The van der Waals surface area contributed by atoms with Crippen LogP contribution in [-0.2, 0) is 65.4 Å². The van der Waals surface area contributed by atoms with Crippen LogP contribution < -0.4 is 0 Å². The molecule has 17 nitrogen and oxygen atoms in total. The van der Waals surface area contributed by atoms with E-state index in [9.17, 15) is 43.2 Å². The molecule has 0 aliphatic rings. The van der Waals surface area contributed by atoms with E-state index in [-0.39, 0.29) is 25.7 Å². The highest BCUT2D eigenvalue weighted by atomic mass is 31.2. The first-order valence-corrected chi connectivity index (χ1v) is 42.2. The number of carbonyl (C=O) groups is 4. The Bertz CT molecular complexity index is 2140. The fourth-order valence-corrected chi connectivity index (χ4v) is 12.3. The Balaban J connectivity index is 5.31. The van der Waals surface area contributed by atoms with Gasteiger partial charge in [-0.3, -0.25) is 37.3 Å². The average Bonchev–Trinajstić information content (AvgIpc) is 0.966. The molecule has 0 amide bonds. The van der Waals surface area contributed by atoms with Crippen LogP contribution in [0.25, 0.3) is 0 Å². The summed E-state index contributed by atoms with van der Waals surface area (Å²) in [6.07, 6.45) is 71.7. The van der Waals surface area contributed by atoms with Crippen LogP contribution in [0.3, 0.4) is 0 Å². The van der Waals surface area contributed by atoms with Crippen molar-refractivity contribution in [2.24, 2.45) is 0 Å². The summed E-state index contributed by atoms with van der Waals surface area (Å²) in [6.45, 7) is 4.75. The minimum absolute atomic E-state index is 0.0867. The lowest BCUT2D eigenvalue weighted by Gasteiger charge is -2.21. The molecular weight excluding hydrogens is 1280 g/mol. The third-order valence-electron chi connectivity index (χ3n) is 16.7. The number of hydrogen-bond acceptors (Lipinski definition) is 15. The van der Waals surface area contributed by atoms with Crippen LogP contribution in [0.15, 0.2) is 72.9 Å². The van der Waals surface area contributed by atoms with E-state index in [1.54, 1.807) is 0 Å². The van der Waals surface area contributed by atoms with E-state index in [4.69, 9.17) is 37.0 Å². The van der Waals surface area contributed by atoms with Gasteiger partial charge in [0, 0.05) is 25.7 Å². The molecule has 0 aromatic heterocycles. The highest BCUT2D eigenvalue weighted by Gasteiger charge is 2.30. The van der Waals surface area contributed by atoms with Gasteiger partial charge in [0.25, 0.3) is 0 Å². The van der Waals surface area contributed by atoms with Gasteiger partial charge in [0.1, 0.15) is 19.3 Å². The van der Waals surface area contributed by atoms with Gasteiger partial charge in [-0.15, -0.1) is 0 Å². The summed E-state index contributed by atoms with van der Waals surface area (Å²) < 4.78 is 68.5. The van der Waals surface area contributed by atoms with E-state index < -0.39 is 97.5 Å². The van der Waals surface area contributed by atoms with E-state index in [0.717, 1.165) is 167 Å². The Morgan fingerprint density at radius 2 is 0.531 bits per heavy atom. The molecule has 0 saturated heterocycles. The first kappa shape index (κ1) is 94.5. The van der Waals surface area contributed by atoms with Gasteiger partial charge >= 0.3 is 39.5 Å². The maximum Gasteiger partial charge on any atom is 0.472 e. The van der Waals surface area contributed by atoms with Gasteiger partial charge in [0.2, 0.25) is 0 Å². The molecule has 3 N–H and O–H groups in total. The molecule has 98 heavy (non-hydrogen) atoms. The standard InChI is InChI=1S/C79H142O17P2/c1-5-9-13-17-21-25-29-33-34-35-36-37-38-42-44-48-52-56-60-64-77(82)90-70-75(96-79(84)66-62-58-54-50-46-41-32-28-24-20-16-12-8-4)72-94-98(87,88)92-68-73(80)67-91-97(85,86)93-71-74(95-78(83)65-61-57-53-49-45-40-31-27-23-19-15-11-7-3)69-89-76(81)63-59-55-51-47-43-39-30-26-22-18-14-10-6-2/h9,13,21,25-27,30-31,33-34,36-37,73-75,80H,5-8,10-12,14-20,22-24,28-29,32,35,38-72H2,1-4H3,(H,85,86)(H,87,88)/b13-9-,25-21-,30-26-,31-27-,34-33-,37-36-. The number of aliphatic hydroxyl groups is 1. The number of unbranched alkanes of at least 4 members (excludes halogenated alkanes) is 36. The maximum atomic E-state index is 13.1. The molecule has 0 aromatic rings. The van der Waals surface area contributed by atoms with Crippen molar-refractivity contribution in [1.82, 2.24) is 0 Å². The molecule has 0 aliphatic carbocycles. The molecule has 0 fully saturated rings. The van der Waals surface area contributed by atoms with Crippen LogP contribution in [0.2, 0.25) is 0 Å². The number of esters is 4. The van der Waals surface area contributed by atoms with Gasteiger partial charge in [-0.2, -0.15) is 0 Å². The summed E-state index contributed by atoms with van der Waals surface area (Å²) in [4.78, 5) is 72.9. The van der Waals surface area contributed by atoms with Crippen LogP contribution in [0.4, 0.5) is 0 Å². The van der Waals surface area contributed by atoms with Crippen molar-refractivity contribution in [1.29, 1.82) is 0 Å². The molecule has 19 heteroatoms. The topological polar surface area (TPSA) is 237 Å². The molecule has 0 radical (unpaired) electrons. The Hall–Kier alpha value is -3.50. The Morgan fingerprint density at radius 1 is 0.296 bits per heavy atom. The predicted molar refractivity (Wildman–Crippen MR) is 400 cm³/mol. The molecule has 0 rings (SSSR count). The second-order valence-corrected chi connectivity index (χ2v) is 29.2. The largest absolute Gasteiger partial charge is 0.472 e. The third kappa shape index (κ3) is 70.9. The number of aliphatic hydroxyl groups excluding tert-OH is 1. The van der Waals surface area contributed by atoms with E-state index >= 15 is 0 Å². The predicted octanol–water partition coefficient (Wildman–Crippen LogP) is 22.4. The quantitative estimate of drug-likeness (QED) is 0.0169. The third-order valence-corrected chi connectivity index (χ3v) is 18.6. The Kier molecular flexibility index (Phi) is 69.3. The fraction of sp³-hybridized carbons (Fsp3) is 0.797. The number of rotatable bonds is 74. The molecule has 5 atom stereocenters. The molecule has 0 aromatic carbocycles. The van der Waals surface area contributed by atoms with Crippen molar-refractivity contribution in [2.45, 2.75) is 367 Å². The first-order valence-electron chi connectivity index (χ1n) is 39.2. The van der Waals surface area contributed by atoms with Crippen molar-refractivity contribution in [3.8, 4) is 0 Å². The summed E-state index contributed by atoms with van der Waals surface area (Å²) in [7, 11) is -9.94. The van der Waals surface area contributed by atoms with Gasteiger partial charge in [0.05, 0.1) is 26.4 Å². The summed E-state index contributed by atoms with van der Waals surface area (Å²) >= 11 is 0. The van der Waals surface area contributed by atoms with Gasteiger partial charge in [-0.1, -0.05) is 280 Å². The van der Waals surface area contributed by atoms with Crippen LogP contribution in [0, 0.1) is 0 Å². The molecular formula is C79H142O17P2. The van der Waals surface area contributed by atoms with Gasteiger partial charge in [-0.05, 0) is 116 Å². The zero-order valence-electron chi connectivity index (χ0n) is 62.2. The molecule has 5 unspecified atom stereocenters. The first-order chi connectivity index (χ1) is 47.7. The van der Waals surface area contributed by atoms with Crippen molar-refractivity contribution >= 4 is 39.5 Å². The van der Waals surface area contributed by atoms with Crippen LogP contribution >= 0.6 is 15.6 Å². The number of allylic oxidation sites excluding steroid dienone is 12. The van der Waals surface area contributed by atoms with Gasteiger partial charge in [-0.25, -0.2) is 9.13 Å². The van der Waals surface area contributed by atoms with Crippen molar-refractivity contribution in [3.63, 3.8) is 0 Å². The number of hydrogen-bond donors (Lipinski definition) is 3. The monoisotopic (exact) mass is 1420 g/mol. The molecule has 570 valence electrons. The Labute approximate surface area is 596 Å². The van der Waals surface area contributed by atoms with E-state index in [2.05, 4.69) is 101 Å². The zero-order chi connectivity index (χ0) is 71.8. The molecule has 0 heterocycles. The van der Waals surface area contributed by atoms with Crippen LogP contribution in [0.5, 0.6) is 0 Å². The number of phosphoric ester groups is 2. The van der Waals surface area contributed by atoms with Crippen molar-refractivity contribution in [2.75, 3.05) is 39.6 Å². The van der Waals surface area contributed by atoms with Crippen LogP contribution in [0.1, 0.15) is 349 Å². The molecule has 0 aliphatic heterocycles. The highest BCUT2D eigenvalue weighted by molar-refractivity contribution is 7.47. The molecule has 0 saturated carbocycles. The zero-order valence-corrected chi connectivity index (χ0v) is 64.0. The highest BCUT2D eigenvalue weighted by Crippen LogP contribution is 2.45.